The van der Waals surface area contributed by atoms with Crippen LogP contribution in [0.25, 0.3) is 0 Å². The first-order chi connectivity index (χ1) is 10.1. The highest BCUT2D eigenvalue weighted by Crippen LogP contribution is 2.30. The zero-order valence-electron chi connectivity index (χ0n) is 13.9. The third-order valence-electron chi connectivity index (χ3n) is 3.74. The molecule has 0 aliphatic carbocycles. The Morgan fingerprint density at radius 3 is 2.57 bits per heavy atom. The van der Waals surface area contributed by atoms with Gasteiger partial charge in [-0.2, -0.15) is 0 Å². The van der Waals surface area contributed by atoms with E-state index in [1.807, 2.05) is 0 Å². The lowest BCUT2D eigenvalue weighted by Crippen LogP contribution is -2.20. The number of ether oxygens (including phenoxy) is 1. The van der Waals surface area contributed by atoms with Crippen LogP contribution in [0.5, 0.6) is 5.75 Å². The molecule has 0 aromatic heterocycles. The normalized spacial score (nSPS) is 14.0. The summed E-state index contributed by atoms with van der Waals surface area (Å²) in [6.07, 6.45) is 6.58. The van der Waals surface area contributed by atoms with E-state index in [0.29, 0.717) is 6.04 Å². The third kappa shape index (κ3) is 6.84. The fraction of sp³-hybridized carbons (Fsp3) is 0.667. The van der Waals surface area contributed by atoms with Crippen molar-refractivity contribution in [3.8, 4) is 5.75 Å². The molecule has 0 amide bonds. The van der Waals surface area contributed by atoms with Crippen LogP contribution >= 0.6 is 15.9 Å². The Kier molecular flexibility index (Phi) is 9.02. The Morgan fingerprint density at radius 2 is 1.90 bits per heavy atom. The maximum atomic E-state index is 6.19. The second-order valence-corrected chi connectivity index (χ2v) is 6.65. The second-order valence-electron chi connectivity index (χ2n) is 5.74. The zero-order chi connectivity index (χ0) is 15.7. The molecule has 0 saturated heterocycles. The van der Waals surface area contributed by atoms with Gasteiger partial charge in [0.1, 0.15) is 5.75 Å². The summed E-state index contributed by atoms with van der Waals surface area (Å²) in [6, 6.07) is 6.60. The summed E-state index contributed by atoms with van der Waals surface area (Å²) >= 11 is 3.56. The smallest absolute Gasteiger partial charge is 0.124 e. The van der Waals surface area contributed by atoms with Gasteiger partial charge in [0.25, 0.3) is 0 Å². The van der Waals surface area contributed by atoms with Gasteiger partial charge in [-0.15, -0.1) is 0 Å². The van der Waals surface area contributed by atoms with E-state index in [4.69, 9.17) is 4.74 Å². The number of rotatable bonds is 10. The lowest BCUT2D eigenvalue weighted by Gasteiger charge is -2.21. The highest BCUT2D eigenvalue weighted by molar-refractivity contribution is 9.10. The molecule has 0 aliphatic rings. The van der Waals surface area contributed by atoms with E-state index in [9.17, 15) is 0 Å². The molecule has 0 fully saturated rings. The van der Waals surface area contributed by atoms with E-state index in [-0.39, 0.29) is 6.10 Å². The van der Waals surface area contributed by atoms with E-state index < -0.39 is 0 Å². The Hall–Kier alpha value is -0.540. The highest BCUT2D eigenvalue weighted by atomic mass is 79.9. The molecule has 120 valence electrons. The van der Waals surface area contributed by atoms with E-state index in [1.54, 1.807) is 0 Å². The molecule has 21 heavy (non-hydrogen) atoms. The van der Waals surface area contributed by atoms with Crippen LogP contribution < -0.4 is 10.1 Å². The van der Waals surface area contributed by atoms with Gasteiger partial charge in [0.2, 0.25) is 0 Å². The van der Waals surface area contributed by atoms with Crippen LogP contribution in [-0.4, -0.2) is 12.6 Å². The van der Waals surface area contributed by atoms with Gasteiger partial charge in [0.15, 0.2) is 0 Å². The quantitative estimate of drug-likeness (QED) is 0.530. The molecule has 0 bridgehead atoms. The summed E-state index contributed by atoms with van der Waals surface area (Å²) in [5, 5.41) is 3.46. The molecule has 0 saturated carbocycles. The lowest BCUT2D eigenvalue weighted by molar-refractivity contribution is 0.203. The van der Waals surface area contributed by atoms with Crippen molar-refractivity contribution in [2.75, 3.05) is 6.54 Å². The molecule has 0 heterocycles. The molecule has 2 nitrogen and oxygen atoms in total. The molecule has 1 aromatic rings. The van der Waals surface area contributed by atoms with Crippen LogP contribution in [0.3, 0.4) is 0 Å². The van der Waals surface area contributed by atoms with Crippen molar-refractivity contribution in [2.45, 2.75) is 71.9 Å². The largest absolute Gasteiger partial charge is 0.490 e. The number of unbranched alkanes of at least 4 members (excludes halogenated alkanes) is 3. The Labute approximate surface area is 138 Å². The van der Waals surface area contributed by atoms with Crippen LogP contribution in [0.2, 0.25) is 0 Å². The van der Waals surface area contributed by atoms with Crippen molar-refractivity contribution in [1.29, 1.82) is 0 Å². The topological polar surface area (TPSA) is 21.3 Å². The van der Waals surface area contributed by atoms with Gasteiger partial charge >= 0.3 is 0 Å². The van der Waals surface area contributed by atoms with Gasteiger partial charge in [-0.3, -0.25) is 0 Å². The van der Waals surface area contributed by atoms with Crippen molar-refractivity contribution < 1.29 is 4.74 Å². The van der Waals surface area contributed by atoms with Crippen molar-refractivity contribution >= 4 is 15.9 Å². The molecule has 0 spiro atoms. The van der Waals surface area contributed by atoms with Crippen molar-refractivity contribution in [1.82, 2.24) is 5.32 Å². The average molecular weight is 356 g/mol. The third-order valence-corrected chi connectivity index (χ3v) is 4.23. The first kappa shape index (κ1) is 18.5. The highest BCUT2D eigenvalue weighted by Gasteiger charge is 2.13. The van der Waals surface area contributed by atoms with Crippen LogP contribution in [-0.2, 0) is 0 Å². The molecule has 1 aromatic carbocycles. The molecule has 1 N–H and O–H groups in total. The Morgan fingerprint density at radius 1 is 1.14 bits per heavy atom. The number of hydrogen-bond acceptors (Lipinski definition) is 2. The van der Waals surface area contributed by atoms with Crippen LogP contribution in [0.1, 0.15) is 71.4 Å². The molecule has 0 aliphatic heterocycles. The molecule has 0 radical (unpaired) electrons. The van der Waals surface area contributed by atoms with Crippen LogP contribution in [0.15, 0.2) is 22.7 Å². The minimum Gasteiger partial charge on any atom is -0.490 e. The summed E-state index contributed by atoms with van der Waals surface area (Å²) in [5.41, 5.74) is 1.23. The van der Waals surface area contributed by atoms with Gasteiger partial charge in [-0.05, 0) is 51.4 Å². The average Bonchev–Trinajstić information content (AvgIpc) is 2.46. The summed E-state index contributed by atoms with van der Waals surface area (Å²) < 4.78 is 7.29. The molecule has 2 atom stereocenters. The standard InChI is InChI=1S/C18H30BrNO/c1-5-7-8-9-10-14(3)21-18-12-11-16(19)13-17(18)15(4)20-6-2/h11-15,20H,5-10H2,1-4H3. The second kappa shape index (κ2) is 10.2. The summed E-state index contributed by atoms with van der Waals surface area (Å²) in [5.74, 6) is 1.01. The van der Waals surface area contributed by atoms with Crippen molar-refractivity contribution in [3.05, 3.63) is 28.2 Å². The van der Waals surface area contributed by atoms with Gasteiger partial charge in [0, 0.05) is 16.1 Å². The molecule has 3 heteroatoms. The minimum atomic E-state index is 0.274. The summed E-state index contributed by atoms with van der Waals surface area (Å²) in [4.78, 5) is 0. The van der Waals surface area contributed by atoms with Gasteiger partial charge < -0.3 is 10.1 Å². The fourth-order valence-corrected chi connectivity index (χ4v) is 2.89. The van der Waals surface area contributed by atoms with Crippen molar-refractivity contribution in [2.24, 2.45) is 0 Å². The molecule has 1 rings (SSSR count). The Balaban J connectivity index is 2.64. The Bertz CT molecular complexity index is 408. The van der Waals surface area contributed by atoms with Crippen LogP contribution in [0, 0.1) is 0 Å². The van der Waals surface area contributed by atoms with Gasteiger partial charge in [-0.1, -0.05) is 49.0 Å². The number of halogens is 1. The minimum absolute atomic E-state index is 0.274. The van der Waals surface area contributed by atoms with E-state index in [0.717, 1.165) is 23.2 Å². The van der Waals surface area contributed by atoms with E-state index >= 15 is 0 Å². The number of benzene rings is 1. The van der Waals surface area contributed by atoms with Gasteiger partial charge in [0.05, 0.1) is 6.10 Å². The fourth-order valence-electron chi connectivity index (χ4n) is 2.52. The maximum Gasteiger partial charge on any atom is 0.124 e. The van der Waals surface area contributed by atoms with E-state index in [2.05, 4.69) is 67.1 Å². The van der Waals surface area contributed by atoms with Crippen molar-refractivity contribution in [3.63, 3.8) is 0 Å². The lowest BCUT2D eigenvalue weighted by atomic mass is 10.1. The summed E-state index contributed by atoms with van der Waals surface area (Å²) in [6.45, 7) is 9.70. The summed E-state index contributed by atoms with van der Waals surface area (Å²) in [7, 11) is 0. The maximum absolute atomic E-state index is 6.19. The van der Waals surface area contributed by atoms with Gasteiger partial charge in [-0.25, -0.2) is 0 Å². The molecular weight excluding hydrogens is 326 g/mol. The first-order valence-corrected chi connectivity index (χ1v) is 9.07. The first-order valence-electron chi connectivity index (χ1n) is 8.27. The van der Waals surface area contributed by atoms with Crippen LogP contribution in [0.4, 0.5) is 0 Å². The monoisotopic (exact) mass is 355 g/mol. The molecular formula is C18H30BrNO. The predicted octanol–water partition coefficient (Wildman–Crippen LogP) is 5.86. The van der Waals surface area contributed by atoms with E-state index in [1.165, 1.54) is 31.2 Å². The zero-order valence-corrected chi connectivity index (χ0v) is 15.5. The number of hydrogen-bond donors (Lipinski definition) is 1. The number of nitrogens with one attached hydrogen (secondary N) is 1. The SMILES string of the molecule is CCCCCCC(C)Oc1ccc(Br)cc1C(C)NCC. The predicted molar refractivity (Wildman–Crippen MR) is 95.1 cm³/mol. The molecule has 2 unspecified atom stereocenters.